The van der Waals surface area contributed by atoms with Crippen LogP contribution in [0.25, 0.3) is 0 Å². The molecule has 126 valence electrons. The number of carbonyl (C=O) groups is 2. The molecule has 0 aliphatic rings. The predicted octanol–water partition coefficient (Wildman–Crippen LogP) is 3.26. The summed E-state index contributed by atoms with van der Waals surface area (Å²) in [6.45, 7) is 4.83. The Morgan fingerprint density at radius 3 is 2.08 bits per heavy atom. The number of rotatable bonds is 6. The van der Waals surface area contributed by atoms with E-state index in [1.54, 1.807) is 11.9 Å². The molecule has 0 aromatic heterocycles. The first-order valence-corrected chi connectivity index (χ1v) is 8.16. The van der Waals surface area contributed by atoms with Gasteiger partial charge in [-0.05, 0) is 30.2 Å². The Kier molecular flexibility index (Phi) is 6.13. The maximum absolute atomic E-state index is 12.5. The highest BCUT2D eigenvalue weighted by Crippen LogP contribution is 2.15. The fourth-order valence-corrected chi connectivity index (χ4v) is 2.49. The molecule has 0 spiro atoms. The van der Waals surface area contributed by atoms with Gasteiger partial charge in [-0.15, -0.1) is 0 Å². The van der Waals surface area contributed by atoms with Crippen LogP contribution < -0.4 is 4.90 Å². The minimum atomic E-state index is -0.0150. The molecule has 4 heteroatoms. The van der Waals surface area contributed by atoms with Crippen molar-refractivity contribution in [1.82, 2.24) is 4.90 Å². The van der Waals surface area contributed by atoms with Crippen LogP contribution in [-0.2, 0) is 22.6 Å². The number of carbonyl (C=O) groups excluding carboxylic acids is 2. The van der Waals surface area contributed by atoms with Gasteiger partial charge >= 0.3 is 0 Å². The number of nitrogens with zero attached hydrogens (tertiary/aromatic N) is 2. The van der Waals surface area contributed by atoms with Crippen molar-refractivity contribution >= 4 is 17.5 Å². The fraction of sp³-hybridized carbons (Fsp3) is 0.300. The van der Waals surface area contributed by atoms with Gasteiger partial charge in [0.15, 0.2) is 0 Å². The Bertz CT molecular complexity index is 681. The normalized spacial score (nSPS) is 10.3. The summed E-state index contributed by atoms with van der Waals surface area (Å²) in [5.74, 6) is 0.0906. The van der Waals surface area contributed by atoms with Crippen LogP contribution in [0.3, 0.4) is 0 Å². The molecule has 2 amide bonds. The summed E-state index contributed by atoms with van der Waals surface area (Å²) in [5.41, 5.74) is 2.91. The van der Waals surface area contributed by atoms with E-state index >= 15 is 0 Å². The molecule has 2 aromatic carbocycles. The SMILES string of the molecule is CCN(Cc1ccccc1)C(=O)Cc1ccc(N(C)C(C)=O)cc1. The Morgan fingerprint density at radius 1 is 0.917 bits per heavy atom. The topological polar surface area (TPSA) is 40.6 Å². The molecular formula is C20H24N2O2. The van der Waals surface area contributed by atoms with Crippen molar-refractivity contribution in [2.45, 2.75) is 26.8 Å². The summed E-state index contributed by atoms with van der Waals surface area (Å²) in [6, 6.07) is 17.6. The van der Waals surface area contributed by atoms with E-state index in [1.807, 2.05) is 66.4 Å². The summed E-state index contributed by atoms with van der Waals surface area (Å²) >= 11 is 0. The first-order valence-electron chi connectivity index (χ1n) is 8.16. The molecule has 0 saturated heterocycles. The number of hydrogen-bond donors (Lipinski definition) is 0. The maximum atomic E-state index is 12.5. The van der Waals surface area contributed by atoms with Gasteiger partial charge in [-0.1, -0.05) is 42.5 Å². The van der Waals surface area contributed by atoms with E-state index in [9.17, 15) is 9.59 Å². The average Bonchev–Trinajstić information content (AvgIpc) is 2.60. The van der Waals surface area contributed by atoms with Gasteiger partial charge in [-0.3, -0.25) is 9.59 Å². The van der Waals surface area contributed by atoms with E-state index in [-0.39, 0.29) is 11.8 Å². The van der Waals surface area contributed by atoms with Gasteiger partial charge in [0.2, 0.25) is 11.8 Å². The second-order valence-corrected chi connectivity index (χ2v) is 5.81. The molecule has 0 heterocycles. The van der Waals surface area contributed by atoms with E-state index in [0.717, 1.165) is 16.8 Å². The predicted molar refractivity (Wildman–Crippen MR) is 96.8 cm³/mol. The lowest BCUT2D eigenvalue weighted by Gasteiger charge is -2.21. The molecule has 0 bridgehead atoms. The molecule has 4 nitrogen and oxygen atoms in total. The lowest BCUT2D eigenvalue weighted by Crippen LogP contribution is -2.31. The fourth-order valence-electron chi connectivity index (χ4n) is 2.49. The first-order chi connectivity index (χ1) is 11.5. The zero-order valence-electron chi connectivity index (χ0n) is 14.5. The van der Waals surface area contributed by atoms with E-state index in [1.165, 1.54) is 6.92 Å². The van der Waals surface area contributed by atoms with Crippen LogP contribution >= 0.6 is 0 Å². The number of benzene rings is 2. The standard InChI is InChI=1S/C20H24N2O2/c1-4-22(15-18-8-6-5-7-9-18)20(24)14-17-10-12-19(13-11-17)21(3)16(2)23/h5-13H,4,14-15H2,1-3H3. The van der Waals surface area contributed by atoms with Gasteiger partial charge in [0, 0.05) is 32.7 Å². The highest BCUT2D eigenvalue weighted by atomic mass is 16.2. The quantitative estimate of drug-likeness (QED) is 0.818. The van der Waals surface area contributed by atoms with Crippen molar-refractivity contribution < 1.29 is 9.59 Å². The Balaban J connectivity index is 2.01. The lowest BCUT2D eigenvalue weighted by atomic mass is 10.1. The van der Waals surface area contributed by atoms with E-state index in [0.29, 0.717) is 19.5 Å². The van der Waals surface area contributed by atoms with Crippen LogP contribution in [0.4, 0.5) is 5.69 Å². The summed E-state index contributed by atoms with van der Waals surface area (Å²) in [4.78, 5) is 27.3. The smallest absolute Gasteiger partial charge is 0.227 e. The summed E-state index contributed by atoms with van der Waals surface area (Å²) in [7, 11) is 1.74. The highest BCUT2D eigenvalue weighted by Gasteiger charge is 2.13. The summed E-state index contributed by atoms with van der Waals surface area (Å²) < 4.78 is 0. The third-order valence-electron chi connectivity index (χ3n) is 4.10. The molecule has 0 saturated carbocycles. The van der Waals surface area contributed by atoms with Gasteiger partial charge < -0.3 is 9.80 Å². The molecule has 0 aliphatic carbocycles. The number of anilines is 1. The third-order valence-corrected chi connectivity index (χ3v) is 4.10. The van der Waals surface area contributed by atoms with Crippen LogP contribution in [-0.4, -0.2) is 30.3 Å². The molecule has 0 atom stereocenters. The molecule has 0 fully saturated rings. The second kappa shape index (κ2) is 8.29. The Morgan fingerprint density at radius 2 is 1.54 bits per heavy atom. The minimum Gasteiger partial charge on any atom is -0.338 e. The first kappa shape index (κ1) is 17.7. The van der Waals surface area contributed by atoms with Gasteiger partial charge in [0.05, 0.1) is 6.42 Å². The molecular weight excluding hydrogens is 300 g/mol. The molecule has 2 aromatic rings. The molecule has 2 rings (SSSR count). The van der Waals surface area contributed by atoms with Crippen LogP contribution in [0.15, 0.2) is 54.6 Å². The van der Waals surface area contributed by atoms with Crippen molar-refractivity contribution in [2.75, 3.05) is 18.5 Å². The highest BCUT2D eigenvalue weighted by molar-refractivity contribution is 5.90. The van der Waals surface area contributed by atoms with Gasteiger partial charge in [-0.2, -0.15) is 0 Å². The van der Waals surface area contributed by atoms with E-state index < -0.39 is 0 Å². The third kappa shape index (κ3) is 4.69. The lowest BCUT2D eigenvalue weighted by molar-refractivity contribution is -0.130. The van der Waals surface area contributed by atoms with Gasteiger partial charge in [-0.25, -0.2) is 0 Å². The van der Waals surface area contributed by atoms with Crippen molar-refractivity contribution in [3.63, 3.8) is 0 Å². The van der Waals surface area contributed by atoms with E-state index in [2.05, 4.69) is 0 Å². The number of amides is 2. The maximum Gasteiger partial charge on any atom is 0.227 e. The Hall–Kier alpha value is -2.62. The second-order valence-electron chi connectivity index (χ2n) is 5.81. The molecule has 0 radical (unpaired) electrons. The number of hydrogen-bond acceptors (Lipinski definition) is 2. The van der Waals surface area contributed by atoms with Gasteiger partial charge in [0.25, 0.3) is 0 Å². The average molecular weight is 324 g/mol. The minimum absolute atomic E-state index is 0.0150. The van der Waals surface area contributed by atoms with Crippen molar-refractivity contribution in [3.05, 3.63) is 65.7 Å². The molecule has 0 N–H and O–H groups in total. The van der Waals surface area contributed by atoms with Crippen molar-refractivity contribution in [3.8, 4) is 0 Å². The van der Waals surface area contributed by atoms with E-state index in [4.69, 9.17) is 0 Å². The monoisotopic (exact) mass is 324 g/mol. The van der Waals surface area contributed by atoms with Crippen molar-refractivity contribution in [1.29, 1.82) is 0 Å². The van der Waals surface area contributed by atoms with Crippen LogP contribution in [0, 0.1) is 0 Å². The zero-order valence-corrected chi connectivity index (χ0v) is 14.5. The largest absolute Gasteiger partial charge is 0.338 e. The zero-order chi connectivity index (χ0) is 17.5. The molecule has 24 heavy (non-hydrogen) atoms. The Labute approximate surface area is 143 Å². The summed E-state index contributed by atoms with van der Waals surface area (Å²) in [6.07, 6.45) is 0.366. The van der Waals surface area contributed by atoms with Crippen LogP contribution in [0.5, 0.6) is 0 Å². The molecule has 0 unspecified atom stereocenters. The molecule has 0 aliphatic heterocycles. The van der Waals surface area contributed by atoms with Crippen molar-refractivity contribution in [2.24, 2.45) is 0 Å². The van der Waals surface area contributed by atoms with Gasteiger partial charge in [0.1, 0.15) is 0 Å². The van der Waals surface area contributed by atoms with Crippen LogP contribution in [0.1, 0.15) is 25.0 Å². The van der Waals surface area contributed by atoms with Crippen LogP contribution in [0.2, 0.25) is 0 Å². The summed E-state index contributed by atoms with van der Waals surface area (Å²) in [5, 5.41) is 0. The number of likely N-dealkylation sites (N-methyl/N-ethyl adjacent to an activating group) is 1.